The molecular weight excluding hydrogens is 195 g/mol. The Hall–Kier alpha value is -0.910. The van der Waals surface area contributed by atoms with Gasteiger partial charge in [0, 0.05) is 18.9 Å². The van der Waals surface area contributed by atoms with E-state index in [1.165, 1.54) is 6.20 Å². The quantitative estimate of drug-likeness (QED) is 0.693. The molecule has 0 N–H and O–H groups in total. The second-order valence-electron chi connectivity index (χ2n) is 2.72. The van der Waals surface area contributed by atoms with Crippen molar-refractivity contribution in [1.29, 1.82) is 0 Å². The molecule has 0 bridgehead atoms. The van der Waals surface area contributed by atoms with Gasteiger partial charge >= 0.3 is 10.2 Å². The van der Waals surface area contributed by atoms with Crippen LogP contribution in [0, 0.1) is 0 Å². The van der Waals surface area contributed by atoms with Gasteiger partial charge in [0.05, 0.1) is 0 Å². The van der Waals surface area contributed by atoms with Gasteiger partial charge in [-0.15, -0.1) is 3.89 Å². The van der Waals surface area contributed by atoms with Gasteiger partial charge in [-0.1, -0.05) is 6.92 Å². The molecule has 0 aliphatic heterocycles. The lowest BCUT2D eigenvalue weighted by molar-refractivity contribution is 0.545. The molecule has 0 amide bonds. The Balaban J connectivity index is 2.82. The number of hydrogen-bond acceptors (Lipinski definition) is 3. The molecule has 1 aromatic rings. The predicted molar refractivity (Wildman–Crippen MR) is 46.2 cm³/mol. The van der Waals surface area contributed by atoms with Crippen molar-refractivity contribution in [1.82, 2.24) is 9.55 Å². The average Bonchev–Trinajstić information content (AvgIpc) is 2.34. The molecule has 0 saturated heterocycles. The molecule has 0 spiro atoms. The van der Waals surface area contributed by atoms with E-state index in [0.29, 0.717) is 6.54 Å². The Labute approximate surface area is 76.6 Å². The Morgan fingerprint density at radius 2 is 2.31 bits per heavy atom. The van der Waals surface area contributed by atoms with Gasteiger partial charge in [0.15, 0.2) is 0 Å². The standard InChI is InChI=1S/C7H11FN2O2S/c1-2-4-10-5-3-9-7(10)6-13(8,11)12/h3,5H,2,4,6H2,1H3. The fraction of sp³-hybridized carbons (Fsp3) is 0.571. The van der Waals surface area contributed by atoms with Crippen LogP contribution in [0.2, 0.25) is 0 Å². The molecular formula is C7H11FN2O2S. The molecule has 1 heterocycles. The lowest BCUT2D eigenvalue weighted by atomic mass is 10.5. The monoisotopic (exact) mass is 206 g/mol. The summed E-state index contributed by atoms with van der Waals surface area (Å²) in [4.78, 5) is 3.76. The maximum Gasteiger partial charge on any atom is 0.309 e. The first kappa shape index (κ1) is 10.2. The molecule has 0 atom stereocenters. The number of aryl methyl sites for hydroxylation is 1. The van der Waals surface area contributed by atoms with Crippen LogP contribution in [0.3, 0.4) is 0 Å². The van der Waals surface area contributed by atoms with Crippen LogP contribution >= 0.6 is 0 Å². The minimum Gasteiger partial charge on any atom is -0.334 e. The van der Waals surface area contributed by atoms with Crippen LogP contribution in [0.5, 0.6) is 0 Å². The van der Waals surface area contributed by atoms with E-state index in [-0.39, 0.29) is 5.82 Å². The highest BCUT2D eigenvalue weighted by Gasteiger charge is 2.13. The molecule has 6 heteroatoms. The van der Waals surface area contributed by atoms with Gasteiger partial charge in [-0.3, -0.25) is 0 Å². The SMILES string of the molecule is CCCn1ccnc1CS(=O)(=O)F. The fourth-order valence-corrected chi connectivity index (χ4v) is 1.63. The summed E-state index contributed by atoms with van der Waals surface area (Å²) in [6.45, 7) is 2.61. The summed E-state index contributed by atoms with van der Waals surface area (Å²) in [5, 5.41) is 0. The number of hydrogen-bond donors (Lipinski definition) is 0. The Kier molecular flexibility index (Phi) is 3.02. The number of halogens is 1. The summed E-state index contributed by atoms with van der Waals surface area (Å²) in [5.41, 5.74) is 0. The van der Waals surface area contributed by atoms with Crippen LogP contribution in [0.4, 0.5) is 3.89 Å². The van der Waals surface area contributed by atoms with Crippen molar-refractivity contribution in [2.24, 2.45) is 0 Å². The Morgan fingerprint density at radius 3 is 2.85 bits per heavy atom. The van der Waals surface area contributed by atoms with Crippen molar-refractivity contribution >= 4 is 10.2 Å². The van der Waals surface area contributed by atoms with Gasteiger partial charge < -0.3 is 4.57 Å². The Bertz CT molecular complexity index is 372. The van der Waals surface area contributed by atoms with Gasteiger partial charge in [0.1, 0.15) is 11.6 Å². The van der Waals surface area contributed by atoms with Crippen molar-refractivity contribution in [2.75, 3.05) is 0 Å². The molecule has 1 aromatic heterocycles. The third kappa shape index (κ3) is 3.14. The summed E-state index contributed by atoms with van der Waals surface area (Å²) in [7, 11) is -4.47. The maximum absolute atomic E-state index is 12.3. The van der Waals surface area contributed by atoms with E-state index in [2.05, 4.69) is 4.98 Å². The number of imidazole rings is 1. The van der Waals surface area contributed by atoms with E-state index in [9.17, 15) is 12.3 Å². The third-order valence-electron chi connectivity index (χ3n) is 1.57. The molecule has 1 rings (SSSR count). The van der Waals surface area contributed by atoms with Crippen molar-refractivity contribution in [3.63, 3.8) is 0 Å². The lowest BCUT2D eigenvalue weighted by Gasteiger charge is -2.02. The zero-order valence-electron chi connectivity index (χ0n) is 7.27. The van der Waals surface area contributed by atoms with Gasteiger partial charge in [0.2, 0.25) is 0 Å². The Morgan fingerprint density at radius 1 is 1.62 bits per heavy atom. The van der Waals surface area contributed by atoms with E-state index < -0.39 is 16.0 Å². The second kappa shape index (κ2) is 3.87. The van der Waals surface area contributed by atoms with E-state index in [1.807, 2.05) is 6.92 Å². The molecule has 0 aliphatic rings. The summed E-state index contributed by atoms with van der Waals surface area (Å²) in [6, 6.07) is 0. The smallest absolute Gasteiger partial charge is 0.309 e. The average molecular weight is 206 g/mol. The molecule has 0 saturated carbocycles. The molecule has 0 aliphatic carbocycles. The zero-order valence-corrected chi connectivity index (χ0v) is 8.09. The topological polar surface area (TPSA) is 52.0 Å². The van der Waals surface area contributed by atoms with E-state index in [4.69, 9.17) is 0 Å². The van der Waals surface area contributed by atoms with Crippen LogP contribution in [-0.2, 0) is 22.5 Å². The van der Waals surface area contributed by atoms with Crippen molar-refractivity contribution in [3.8, 4) is 0 Å². The number of aromatic nitrogens is 2. The molecule has 4 nitrogen and oxygen atoms in total. The zero-order chi connectivity index (χ0) is 9.90. The van der Waals surface area contributed by atoms with Crippen LogP contribution in [0.25, 0.3) is 0 Å². The maximum atomic E-state index is 12.3. The first-order valence-electron chi connectivity index (χ1n) is 3.95. The van der Waals surface area contributed by atoms with Crippen molar-refractivity contribution in [2.45, 2.75) is 25.6 Å². The highest BCUT2D eigenvalue weighted by molar-refractivity contribution is 7.85. The molecule has 0 radical (unpaired) electrons. The first-order chi connectivity index (χ1) is 6.03. The van der Waals surface area contributed by atoms with E-state index >= 15 is 0 Å². The van der Waals surface area contributed by atoms with Gasteiger partial charge in [-0.05, 0) is 6.42 Å². The second-order valence-corrected chi connectivity index (χ2v) is 4.09. The minimum absolute atomic E-state index is 0.254. The summed E-state index contributed by atoms with van der Waals surface area (Å²) < 4.78 is 34.6. The van der Waals surface area contributed by atoms with Gasteiger partial charge in [-0.2, -0.15) is 8.42 Å². The summed E-state index contributed by atoms with van der Waals surface area (Å²) in [5.74, 6) is -0.385. The van der Waals surface area contributed by atoms with Crippen LogP contribution in [0.15, 0.2) is 12.4 Å². The van der Waals surface area contributed by atoms with Gasteiger partial charge in [0.25, 0.3) is 0 Å². The highest BCUT2D eigenvalue weighted by atomic mass is 32.3. The third-order valence-corrected chi connectivity index (χ3v) is 2.17. The molecule has 0 aromatic carbocycles. The molecule has 13 heavy (non-hydrogen) atoms. The van der Waals surface area contributed by atoms with Crippen LogP contribution in [-0.4, -0.2) is 18.0 Å². The predicted octanol–water partition coefficient (Wildman–Crippen LogP) is 1.09. The molecule has 0 unspecified atom stereocenters. The first-order valence-corrected chi connectivity index (χ1v) is 5.50. The van der Waals surface area contributed by atoms with E-state index in [1.54, 1.807) is 10.8 Å². The van der Waals surface area contributed by atoms with Crippen molar-refractivity contribution < 1.29 is 12.3 Å². The lowest BCUT2D eigenvalue weighted by Crippen LogP contribution is -2.06. The normalized spacial score (nSPS) is 11.8. The van der Waals surface area contributed by atoms with E-state index in [0.717, 1.165) is 6.42 Å². The number of rotatable bonds is 4. The largest absolute Gasteiger partial charge is 0.334 e. The summed E-state index contributed by atoms with van der Waals surface area (Å²) in [6.07, 6.45) is 3.97. The minimum atomic E-state index is -4.47. The fourth-order valence-electron chi connectivity index (χ4n) is 1.08. The van der Waals surface area contributed by atoms with Crippen LogP contribution in [0.1, 0.15) is 19.2 Å². The summed E-state index contributed by atoms with van der Waals surface area (Å²) >= 11 is 0. The van der Waals surface area contributed by atoms with Gasteiger partial charge in [-0.25, -0.2) is 4.98 Å². The van der Waals surface area contributed by atoms with Crippen molar-refractivity contribution in [3.05, 3.63) is 18.2 Å². The molecule has 0 fully saturated rings. The number of nitrogens with zero attached hydrogens (tertiary/aromatic N) is 2. The molecule has 74 valence electrons. The van der Waals surface area contributed by atoms with Crippen LogP contribution < -0.4 is 0 Å². The highest BCUT2D eigenvalue weighted by Crippen LogP contribution is 2.06.